The zero-order valence-corrected chi connectivity index (χ0v) is 37.6. The summed E-state index contributed by atoms with van der Waals surface area (Å²) in [7, 11) is -15.9. The van der Waals surface area contributed by atoms with Crippen molar-refractivity contribution in [2.45, 2.75) is 111 Å². The van der Waals surface area contributed by atoms with Crippen LogP contribution < -0.4 is 88.7 Å². The first-order chi connectivity index (χ1) is 19.9. The van der Waals surface area contributed by atoms with Crippen molar-refractivity contribution < 1.29 is 140 Å². The van der Waals surface area contributed by atoms with Crippen molar-refractivity contribution in [1.29, 1.82) is 0 Å². The fraction of sp³-hybridized carbons (Fsp3) is 0.862. The van der Waals surface area contributed by atoms with Crippen molar-refractivity contribution in [2.75, 3.05) is 0 Å². The summed E-state index contributed by atoms with van der Waals surface area (Å²) < 4.78 is 120. The number of fused-ring (bicyclic) bond motifs is 5. The van der Waals surface area contributed by atoms with Crippen molar-refractivity contribution >= 4 is 31.2 Å². The van der Waals surface area contributed by atoms with E-state index in [0.717, 1.165) is 31.3 Å². The van der Waals surface area contributed by atoms with Crippen molar-refractivity contribution in [3.63, 3.8) is 0 Å². The second-order valence-electron chi connectivity index (χ2n) is 14.6. The van der Waals surface area contributed by atoms with Gasteiger partial charge in [0.2, 0.25) is 31.2 Å². The van der Waals surface area contributed by atoms with Gasteiger partial charge in [-0.2, -0.15) is 0 Å². The molecule has 0 spiro atoms. The average Bonchev–Trinajstić information content (AvgIpc) is 3.12. The molecule has 3 saturated carbocycles. The molecule has 254 valence electrons. The molecular weight excluding hydrogens is 705 g/mol. The van der Waals surface area contributed by atoms with E-state index in [9.17, 15) is 38.9 Å². The van der Waals surface area contributed by atoms with E-state index in [1.807, 2.05) is 0 Å². The first-order valence-corrected chi connectivity index (χ1v) is 19.2. The third-order valence-corrected chi connectivity index (χ3v) is 13.5. The van der Waals surface area contributed by atoms with Crippen LogP contribution in [0, 0.1) is 45.8 Å². The monoisotopic (exact) mass is 750 g/mol. The Balaban J connectivity index is 0.00000368. The molecule has 10 atom stereocenters. The predicted octanol–water partition coefficient (Wildman–Crippen LogP) is -4.65. The first-order valence-electron chi connectivity index (χ1n) is 15.2. The van der Waals surface area contributed by atoms with Crippen LogP contribution in [0.4, 0.5) is 0 Å². The molecule has 0 aromatic heterocycles. The molecule has 4 rings (SSSR count). The molecule has 4 aliphatic carbocycles. The maximum atomic E-state index is 12.0. The molecule has 0 saturated heterocycles. The Morgan fingerprint density at radius 2 is 1.36 bits per heavy atom. The van der Waals surface area contributed by atoms with Gasteiger partial charge < -0.3 is 13.7 Å². The molecule has 0 unspecified atom stereocenters. The van der Waals surface area contributed by atoms with Gasteiger partial charge in [0.1, 0.15) is 12.2 Å². The largest absolute Gasteiger partial charge is 1.00 e. The molecule has 0 aromatic rings. The number of hydrogen-bond acceptors (Lipinski definition) is 12. The van der Waals surface area contributed by atoms with Crippen molar-refractivity contribution in [1.82, 2.24) is 0 Å². The second kappa shape index (κ2) is 16.6. The van der Waals surface area contributed by atoms with Gasteiger partial charge in [0.25, 0.3) is 0 Å². The van der Waals surface area contributed by atoms with Gasteiger partial charge in [-0.05, 0) is 97.2 Å². The summed E-state index contributed by atoms with van der Waals surface area (Å²) in [5.74, 6) is 0.0140. The molecule has 4 aliphatic rings. The van der Waals surface area contributed by atoms with E-state index in [4.69, 9.17) is 8.37 Å². The van der Waals surface area contributed by atoms with Gasteiger partial charge in [-0.15, -0.1) is 0 Å². The van der Waals surface area contributed by atoms with Crippen LogP contribution >= 0.6 is 0 Å². The van der Waals surface area contributed by atoms with E-state index in [1.54, 1.807) is 6.92 Å². The van der Waals surface area contributed by atoms with Crippen LogP contribution in [-0.4, -0.2) is 57.2 Å². The molecule has 0 aliphatic heterocycles. The first kappa shape index (κ1) is 47.1. The molecule has 0 heterocycles. The second-order valence-corrected chi connectivity index (χ2v) is 17.6. The standard InChI is InChI=1S/C29H48O12S3.3Na/c1-17(2)18(3)8-9-19(4)20-10-12-29(7)22-14-24(39-42(30,31)32)23-15-25(40-43(33,34)35)26(41-44(36,37)38)16-27(23,5)21(22)11-13-28(20,29)6;;;/h11,17,19-20,22-26H,3,8-10,12-16H2,1-2,4-7H3,(H,30,31,32)(H,33,34,35)(H,36,37,38);;;/q;3*+1/p-3/t19-,20-,22-,23-,24+,25+,26+,27-,28-,29+;;;/m1.../s1. The topological polar surface area (TPSA) is 199 Å². The minimum Gasteiger partial charge on any atom is -0.726 e. The quantitative estimate of drug-likeness (QED) is 0.0849. The third kappa shape index (κ3) is 10.2. The van der Waals surface area contributed by atoms with Crippen LogP contribution in [0.5, 0.6) is 0 Å². The summed E-state index contributed by atoms with van der Waals surface area (Å²) in [5, 5.41) is 0. The third-order valence-electron chi connectivity index (χ3n) is 12.1. The summed E-state index contributed by atoms with van der Waals surface area (Å²) in [4.78, 5) is 0. The summed E-state index contributed by atoms with van der Waals surface area (Å²) >= 11 is 0. The van der Waals surface area contributed by atoms with Gasteiger partial charge in [0.05, 0.1) is 6.10 Å². The molecule has 0 amide bonds. The molecule has 0 aromatic carbocycles. The minimum atomic E-state index is -5.37. The minimum absolute atomic E-state index is 0. The van der Waals surface area contributed by atoms with E-state index < -0.39 is 67.3 Å². The smallest absolute Gasteiger partial charge is 0.726 e. The molecule has 47 heavy (non-hydrogen) atoms. The predicted molar refractivity (Wildman–Crippen MR) is 157 cm³/mol. The van der Waals surface area contributed by atoms with Gasteiger partial charge in [0, 0.05) is 0 Å². The fourth-order valence-corrected chi connectivity index (χ4v) is 11.0. The fourth-order valence-electron chi connectivity index (χ4n) is 9.49. The Morgan fingerprint density at radius 1 is 0.851 bits per heavy atom. The van der Waals surface area contributed by atoms with E-state index in [-0.39, 0.29) is 118 Å². The molecule has 3 fully saturated rings. The summed E-state index contributed by atoms with van der Waals surface area (Å²) in [6.07, 6.45) is 1.43. The van der Waals surface area contributed by atoms with Crippen molar-refractivity contribution in [3.05, 3.63) is 23.8 Å². The number of rotatable bonds is 11. The van der Waals surface area contributed by atoms with E-state index in [2.05, 4.69) is 51.5 Å². The zero-order valence-electron chi connectivity index (χ0n) is 29.2. The number of hydrogen-bond donors (Lipinski definition) is 0. The van der Waals surface area contributed by atoms with Gasteiger partial charge in [0.15, 0.2) is 0 Å². The van der Waals surface area contributed by atoms with Gasteiger partial charge in [-0.25, -0.2) is 25.3 Å². The maximum absolute atomic E-state index is 12.0. The van der Waals surface area contributed by atoms with Gasteiger partial charge in [-0.1, -0.05) is 65.3 Å². The molecular formula is C29H45Na3O12S3. The maximum Gasteiger partial charge on any atom is 1.00 e. The normalized spacial score (nSPS) is 37.5. The van der Waals surface area contributed by atoms with Crippen LogP contribution in [0.3, 0.4) is 0 Å². The Morgan fingerprint density at radius 3 is 1.87 bits per heavy atom. The molecule has 0 N–H and O–H groups in total. The molecule has 0 bridgehead atoms. The van der Waals surface area contributed by atoms with Crippen LogP contribution in [0.15, 0.2) is 23.8 Å². The van der Waals surface area contributed by atoms with Crippen LogP contribution in [0.25, 0.3) is 0 Å². The summed E-state index contributed by atoms with van der Waals surface area (Å²) in [6, 6.07) is 0. The average molecular weight is 751 g/mol. The Hall–Kier alpha value is 2.09. The zero-order chi connectivity index (χ0) is 33.3. The number of allylic oxidation sites excluding steroid dienone is 3. The molecule has 12 nitrogen and oxygen atoms in total. The van der Waals surface area contributed by atoms with Crippen LogP contribution in [0.1, 0.15) is 92.9 Å². The van der Waals surface area contributed by atoms with Crippen LogP contribution in [0.2, 0.25) is 0 Å². The summed E-state index contributed by atoms with van der Waals surface area (Å²) in [5.41, 5.74) is 0.519. The SMILES string of the molecule is C=C(CC[C@@H](C)[C@H]1CC[C@@]2(C)[C@@H]3C[C@H](OS(=O)(=O)[O-])[C@H]4C[C@H](OS(=O)(=O)[O-])[C@@H](OS(=O)(=O)[O-])C[C@]4(C)C3=CC[C@]12C)C(C)C.[Na+].[Na+].[Na+]. The van der Waals surface area contributed by atoms with Gasteiger partial charge >= 0.3 is 88.7 Å². The van der Waals surface area contributed by atoms with Gasteiger partial charge in [-0.3, -0.25) is 12.5 Å². The Bertz CT molecular complexity index is 1500. The Labute approximate surface area is 348 Å². The molecule has 18 heteroatoms. The van der Waals surface area contributed by atoms with E-state index in [1.165, 1.54) is 5.57 Å². The van der Waals surface area contributed by atoms with Crippen molar-refractivity contribution in [2.24, 2.45) is 45.8 Å². The van der Waals surface area contributed by atoms with Crippen LogP contribution in [-0.2, 0) is 43.7 Å². The Kier molecular flexibility index (Phi) is 16.7. The van der Waals surface area contributed by atoms with E-state index in [0.29, 0.717) is 24.2 Å². The summed E-state index contributed by atoms with van der Waals surface area (Å²) in [6.45, 7) is 17.0. The van der Waals surface area contributed by atoms with E-state index >= 15 is 0 Å². The molecule has 0 radical (unpaired) electrons. The van der Waals surface area contributed by atoms with Crippen molar-refractivity contribution in [3.8, 4) is 0 Å².